The summed E-state index contributed by atoms with van der Waals surface area (Å²) in [4.78, 5) is 24.2. The third kappa shape index (κ3) is 6.14. The first-order valence-corrected chi connectivity index (χ1v) is 9.13. The summed E-state index contributed by atoms with van der Waals surface area (Å²) < 4.78 is 19.3. The topological polar surface area (TPSA) is 55.4 Å². The van der Waals surface area contributed by atoms with Crippen LogP contribution < -0.4 is 5.32 Å². The Morgan fingerprint density at radius 2 is 2.04 bits per heavy atom. The quantitative estimate of drug-likeness (QED) is 0.500. The van der Waals surface area contributed by atoms with Crippen LogP contribution in [0, 0.1) is 5.82 Å². The van der Waals surface area contributed by atoms with E-state index in [4.69, 9.17) is 4.74 Å². The second kappa shape index (κ2) is 9.93. The molecular formula is C16H21BrFNO3S. The van der Waals surface area contributed by atoms with E-state index in [9.17, 15) is 14.0 Å². The smallest absolute Gasteiger partial charge is 0.319 e. The number of ether oxygens (including phenoxy) is 1. The van der Waals surface area contributed by atoms with Crippen molar-refractivity contribution in [2.45, 2.75) is 49.7 Å². The Balaban J connectivity index is 3.01. The highest BCUT2D eigenvalue weighted by molar-refractivity contribution is 9.10. The summed E-state index contributed by atoms with van der Waals surface area (Å²) in [7, 11) is 1.35. The van der Waals surface area contributed by atoms with Crippen LogP contribution in [0.5, 0.6) is 0 Å². The summed E-state index contributed by atoms with van der Waals surface area (Å²) in [5, 5.41) is 2.19. The number of halogens is 2. The average Bonchev–Trinajstić information content (AvgIpc) is 2.50. The predicted molar refractivity (Wildman–Crippen MR) is 94.2 cm³/mol. The molecule has 1 amide bonds. The Bertz CT molecular complexity index is 569. The molecule has 1 aromatic rings. The van der Waals surface area contributed by atoms with Gasteiger partial charge in [0.1, 0.15) is 11.1 Å². The third-order valence-corrected chi connectivity index (χ3v) is 5.28. The van der Waals surface area contributed by atoms with Crippen molar-refractivity contribution >= 4 is 45.3 Å². The fourth-order valence-electron chi connectivity index (χ4n) is 1.93. The zero-order valence-corrected chi connectivity index (χ0v) is 15.9. The Kier molecular flexibility index (Phi) is 8.62. The lowest BCUT2D eigenvalue weighted by Crippen LogP contribution is -2.18. The van der Waals surface area contributed by atoms with Crippen molar-refractivity contribution < 1.29 is 18.7 Å². The molecule has 1 unspecified atom stereocenters. The number of carbonyl (C=O) groups is 2. The summed E-state index contributed by atoms with van der Waals surface area (Å²) in [6.45, 7) is 3.86. The number of amides is 1. The van der Waals surface area contributed by atoms with Gasteiger partial charge in [-0.15, -0.1) is 11.8 Å². The van der Waals surface area contributed by atoms with E-state index in [1.165, 1.54) is 24.9 Å². The summed E-state index contributed by atoms with van der Waals surface area (Å²) in [5.74, 6) is -1.07. The first-order valence-electron chi connectivity index (χ1n) is 7.46. The van der Waals surface area contributed by atoms with Gasteiger partial charge in [-0.1, -0.05) is 20.3 Å². The summed E-state index contributed by atoms with van der Waals surface area (Å²) in [6.07, 6.45) is 2.50. The van der Waals surface area contributed by atoms with E-state index in [1.807, 2.05) is 13.8 Å². The molecule has 1 aromatic carbocycles. The van der Waals surface area contributed by atoms with Crippen molar-refractivity contribution in [3.8, 4) is 0 Å². The average molecular weight is 406 g/mol. The number of anilines is 1. The number of hydrogen-bond acceptors (Lipinski definition) is 4. The van der Waals surface area contributed by atoms with Gasteiger partial charge in [0.2, 0.25) is 5.91 Å². The van der Waals surface area contributed by atoms with Crippen molar-refractivity contribution in [1.82, 2.24) is 0 Å². The standard InChI is InChI=1S/C16H21BrFNO3S/c1-4-6-13(16(21)22-3)23-14-9-12(11(18)8-10(14)17)19-15(20)7-5-2/h8-9,13H,4-7H2,1-3H3,(H,19,20). The SMILES string of the molecule is CCCC(=O)Nc1cc(SC(CCC)C(=O)OC)c(Br)cc1F. The van der Waals surface area contributed by atoms with Gasteiger partial charge in [0.25, 0.3) is 0 Å². The van der Waals surface area contributed by atoms with E-state index >= 15 is 0 Å². The van der Waals surface area contributed by atoms with E-state index < -0.39 is 5.82 Å². The Hall–Kier alpha value is -1.08. The molecule has 0 saturated carbocycles. The fraction of sp³-hybridized carbons (Fsp3) is 0.500. The first-order chi connectivity index (χ1) is 10.9. The van der Waals surface area contributed by atoms with Gasteiger partial charge < -0.3 is 10.1 Å². The maximum atomic E-state index is 14.0. The number of rotatable bonds is 8. The monoisotopic (exact) mass is 405 g/mol. The van der Waals surface area contributed by atoms with Crippen molar-refractivity contribution in [2.75, 3.05) is 12.4 Å². The predicted octanol–water partition coefficient (Wildman–Crippen LogP) is 4.76. The van der Waals surface area contributed by atoms with Gasteiger partial charge in [-0.25, -0.2) is 4.39 Å². The summed E-state index contributed by atoms with van der Waals surface area (Å²) >= 11 is 4.60. The van der Waals surface area contributed by atoms with E-state index in [-0.39, 0.29) is 22.8 Å². The minimum Gasteiger partial charge on any atom is -0.468 e. The Morgan fingerprint density at radius 3 is 2.61 bits per heavy atom. The number of carbonyl (C=O) groups excluding carboxylic acids is 2. The highest BCUT2D eigenvalue weighted by atomic mass is 79.9. The Morgan fingerprint density at radius 1 is 1.35 bits per heavy atom. The molecule has 0 aliphatic rings. The molecule has 0 bridgehead atoms. The maximum Gasteiger partial charge on any atom is 0.319 e. The van der Waals surface area contributed by atoms with Crippen molar-refractivity contribution in [2.24, 2.45) is 0 Å². The van der Waals surface area contributed by atoms with Gasteiger partial charge in [-0.2, -0.15) is 0 Å². The molecule has 4 nitrogen and oxygen atoms in total. The Labute approximate surface area is 148 Å². The van der Waals surface area contributed by atoms with Crippen LogP contribution in [0.2, 0.25) is 0 Å². The van der Waals surface area contributed by atoms with Gasteiger partial charge in [0.05, 0.1) is 12.8 Å². The molecule has 0 aromatic heterocycles. The minimum absolute atomic E-state index is 0.120. The van der Waals surface area contributed by atoms with Crippen LogP contribution in [-0.4, -0.2) is 24.2 Å². The summed E-state index contributed by atoms with van der Waals surface area (Å²) in [5.41, 5.74) is 0.120. The molecule has 0 aliphatic carbocycles. The molecule has 0 aliphatic heterocycles. The molecule has 1 N–H and O–H groups in total. The van der Waals surface area contributed by atoms with Crippen molar-refractivity contribution in [3.05, 3.63) is 22.4 Å². The van der Waals surface area contributed by atoms with Crippen LogP contribution in [0.3, 0.4) is 0 Å². The molecule has 0 fully saturated rings. The van der Waals surface area contributed by atoms with Crippen LogP contribution in [0.25, 0.3) is 0 Å². The van der Waals surface area contributed by atoms with E-state index in [2.05, 4.69) is 21.2 Å². The second-order valence-corrected chi connectivity index (χ2v) is 7.08. The molecule has 0 radical (unpaired) electrons. The van der Waals surface area contributed by atoms with Gasteiger partial charge in [0, 0.05) is 15.8 Å². The van der Waals surface area contributed by atoms with Crippen molar-refractivity contribution in [1.29, 1.82) is 0 Å². The number of benzene rings is 1. The number of nitrogens with one attached hydrogen (secondary N) is 1. The number of esters is 1. The molecule has 0 spiro atoms. The van der Waals surface area contributed by atoms with Gasteiger partial charge in [0.15, 0.2) is 0 Å². The van der Waals surface area contributed by atoms with Gasteiger partial charge in [-0.05, 0) is 40.9 Å². The normalized spacial score (nSPS) is 11.9. The van der Waals surface area contributed by atoms with Gasteiger partial charge in [-0.3, -0.25) is 9.59 Å². The van der Waals surface area contributed by atoms with Crippen LogP contribution in [-0.2, 0) is 14.3 Å². The summed E-state index contributed by atoms with van der Waals surface area (Å²) in [6, 6.07) is 2.84. The molecule has 128 valence electrons. The molecule has 1 rings (SSSR count). The molecule has 0 saturated heterocycles. The lowest BCUT2D eigenvalue weighted by molar-refractivity contribution is -0.140. The van der Waals surface area contributed by atoms with E-state index in [0.717, 1.165) is 6.42 Å². The molecule has 1 atom stereocenters. The first kappa shape index (κ1) is 20.0. The van der Waals surface area contributed by atoms with E-state index in [1.54, 1.807) is 6.07 Å². The van der Waals surface area contributed by atoms with Crippen LogP contribution >= 0.6 is 27.7 Å². The molecule has 23 heavy (non-hydrogen) atoms. The van der Waals surface area contributed by atoms with Crippen LogP contribution in [0.15, 0.2) is 21.5 Å². The zero-order chi connectivity index (χ0) is 17.4. The minimum atomic E-state index is -0.518. The molecule has 7 heteroatoms. The highest BCUT2D eigenvalue weighted by Crippen LogP contribution is 2.36. The largest absolute Gasteiger partial charge is 0.468 e. The maximum absolute atomic E-state index is 14.0. The van der Waals surface area contributed by atoms with Crippen LogP contribution in [0.1, 0.15) is 39.5 Å². The van der Waals surface area contributed by atoms with E-state index in [0.29, 0.717) is 28.6 Å². The third-order valence-electron chi connectivity index (χ3n) is 3.06. The number of thioether (sulfide) groups is 1. The molecule has 0 heterocycles. The highest BCUT2D eigenvalue weighted by Gasteiger charge is 2.22. The zero-order valence-electron chi connectivity index (χ0n) is 13.4. The number of methoxy groups -OCH3 is 1. The van der Waals surface area contributed by atoms with Gasteiger partial charge >= 0.3 is 5.97 Å². The lowest BCUT2D eigenvalue weighted by atomic mass is 10.2. The van der Waals surface area contributed by atoms with Crippen LogP contribution in [0.4, 0.5) is 10.1 Å². The fourth-order valence-corrected chi connectivity index (χ4v) is 3.73. The lowest BCUT2D eigenvalue weighted by Gasteiger charge is -2.16. The number of hydrogen-bond donors (Lipinski definition) is 1. The van der Waals surface area contributed by atoms with Crippen molar-refractivity contribution in [3.63, 3.8) is 0 Å². The molecular weight excluding hydrogens is 385 g/mol. The second-order valence-electron chi connectivity index (χ2n) is 4.98.